The van der Waals surface area contributed by atoms with Crippen LogP contribution in [0.15, 0.2) is 54.9 Å². The predicted molar refractivity (Wildman–Crippen MR) is 95.8 cm³/mol. The van der Waals surface area contributed by atoms with Gasteiger partial charge in [0.15, 0.2) is 0 Å². The van der Waals surface area contributed by atoms with Gasteiger partial charge in [-0.1, -0.05) is 12.1 Å². The van der Waals surface area contributed by atoms with Gasteiger partial charge in [-0.15, -0.1) is 0 Å². The molecule has 0 saturated heterocycles. The Morgan fingerprint density at radius 1 is 1.19 bits per heavy atom. The van der Waals surface area contributed by atoms with Crippen LogP contribution < -0.4 is 10.6 Å². The summed E-state index contributed by atoms with van der Waals surface area (Å²) in [6.45, 7) is -0.315. The fourth-order valence-electron chi connectivity index (χ4n) is 2.23. The maximum atomic E-state index is 10.8. The number of pyridine rings is 1. The highest BCUT2D eigenvalue weighted by Crippen LogP contribution is 2.24. The van der Waals surface area contributed by atoms with Crippen molar-refractivity contribution in [3.05, 3.63) is 60.4 Å². The molecule has 0 aliphatic heterocycles. The Morgan fingerprint density at radius 2 is 2.04 bits per heavy atom. The third-order valence-corrected chi connectivity index (χ3v) is 3.39. The first-order valence-corrected chi connectivity index (χ1v) is 7.67. The van der Waals surface area contributed by atoms with E-state index in [1.54, 1.807) is 48.8 Å². The van der Waals surface area contributed by atoms with E-state index < -0.39 is 5.97 Å². The third-order valence-electron chi connectivity index (χ3n) is 3.39. The van der Waals surface area contributed by atoms with Crippen LogP contribution in [-0.2, 0) is 4.79 Å². The maximum Gasteiger partial charge on any atom is 0.322 e. The van der Waals surface area contributed by atoms with Gasteiger partial charge in [0.25, 0.3) is 0 Å². The van der Waals surface area contributed by atoms with Crippen molar-refractivity contribution in [1.82, 2.24) is 15.0 Å². The molecule has 0 unspecified atom stereocenters. The molecule has 1 aromatic carbocycles. The van der Waals surface area contributed by atoms with Crippen molar-refractivity contribution >= 4 is 23.4 Å². The van der Waals surface area contributed by atoms with Crippen molar-refractivity contribution in [2.24, 2.45) is 0 Å². The SMILES string of the molecule is N#Cc1ccccc1Nc1cc(-c2cccnc2)nc(NCC(=O)O)n1. The monoisotopic (exact) mass is 346 g/mol. The molecular formula is C18H14N6O2. The van der Waals surface area contributed by atoms with Crippen LogP contribution in [0.25, 0.3) is 11.3 Å². The van der Waals surface area contributed by atoms with Gasteiger partial charge in [0.05, 0.1) is 16.9 Å². The van der Waals surface area contributed by atoms with Crippen molar-refractivity contribution in [2.45, 2.75) is 0 Å². The minimum absolute atomic E-state index is 0.158. The number of hydrogen-bond acceptors (Lipinski definition) is 7. The molecule has 0 spiro atoms. The second-order valence-corrected chi connectivity index (χ2v) is 5.23. The number of nitrogens with one attached hydrogen (secondary N) is 2. The van der Waals surface area contributed by atoms with E-state index in [9.17, 15) is 10.1 Å². The van der Waals surface area contributed by atoms with E-state index in [0.717, 1.165) is 5.56 Å². The van der Waals surface area contributed by atoms with Crippen molar-refractivity contribution in [3.8, 4) is 17.3 Å². The van der Waals surface area contributed by atoms with Gasteiger partial charge in [0.1, 0.15) is 18.4 Å². The molecule has 0 aliphatic rings. The molecule has 3 rings (SSSR count). The van der Waals surface area contributed by atoms with E-state index in [-0.39, 0.29) is 12.5 Å². The first-order valence-electron chi connectivity index (χ1n) is 7.67. The average molecular weight is 346 g/mol. The number of nitrogens with zero attached hydrogens (tertiary/aromatic N) is 4. The fraction of sp³-hybridized carbons (Fsp3) is 0.0556. The molecule has 128 valence electrons. The second-order valence-electron chi connectivity index (χ2n) is 5.23. The molecule has 0 atom stereocenters. The van der Waals surface area contributed by atoms with Gasteiger partial charge in [-0.25, -0.2) is 4.98 Å². The van der Waals surface area contributed by atoms with Crippen LogP contribution in [0, 0.1) is 11.3 Å². The number of benzene rings is 1. The Kier molecular flexibility index (Phi) is 5.00. The standard InChI is InChI=1S/C18H14N6O2/c19-9-12-4-1-2-6-14(12)22-16-8-15(13-5-3-7-20-10-13)23-18(24-16)21-11-17(25)26/h1-8,10H,11H2,(H,25,26)(H2,21,22,23,24). The fourth-order valence-corrected chi connectivity index (χ4v) is 2.23. The van der Waals surface area contributed by atoms with Crippen LogP contribution >= 0.6 is 0 Å². The number of nitriles is 1. The summed E-state index contributed by atoms with van der Waals surface area (Å²) in [6, 6.07) is 14.4. The quantitative estimate of drug-likeness (QED) is 0.622. The van der Waals surface area contributed by atoms with Crippen molar-refractivity contribution in [1.29, 1.82) is 5.26 Å². The molecule has 0 saturated carbocycles. The van der Waals surface area contributed by atoms with E-state index in [4.69, 9.17) is 5.11 Å². The summed E-state index contributed by atoms with van der Waals surface area (Å²) >= 11 is 0. The average Bonchev–Trinajstić information content (AvgIpc) is 2.67. The van der Waals surface area contributed by atoms with Gasteiger partial charge in [-0.2, -0.15) is 10.2 Å². The lowest BCUT2D eigenvalue weighted by Crippen LogP contribution is -2.15. The Labute approximate surface area is 149 Å². The van der Waals surface area contributed by atoms with Crippen molar-refractivity contribution < 1.29 is 9.90 Å². The summed E-state index contributed by atoms with van der Waals surface area (Å²) in [5.74, 6) is -0.440. The minimum Gasteiger partial charge on any atom is -0.480 e. The zero-order valence-electron chi connectivity index (χ0n) is 13.5. The number of carboxylic acids is 1. The summed E-state index contributed by atoms with van der Waals surface area (Å²) in [6.07, 6.45) is 3.30. The highest BCUT2D eigenvalue weighted by atomic mass is 16.4. The summed E-state index contributed by atoms with van der Waals surface area (Å²) in [4.78, 5) is 23.5. The molecule has 3 N–H and O–H groups in total. The molecule has 0 radical (unpaired) electrons. The number of carbonyl (C=O) groups is 1. The van der Waals surface area contributed by atoms with Crippen LogP contribution in [0.4, 0.5) is 17.5 Å². The minimum atomic E-state index is -1.02. The summed E-state index contributed by atoms with van der Waals surface area (Å²) in [5, 5.41) is 23.8. The van der Waals surface area contributed by atoms with Crippen LogP contribution in [0.2, 0.25) is 0 Å². The lowest BCUT2D eigenvalue weighted by molar-refractivity contribution is -0.134. The largest absolute Gasteiger partial charge is 0.480 e. The first kappa shape index (κ1) is 16.9. The lowest BCUT2D eigenvalue weighted by Gasteiger charge is -2.11. The Bertz CT molecular complexity index is 969. The van der Waals surface area contributed by atoms with Crippen molar-refractivity contribution in [3.63, 3.8) is 0 Å². The zero-order valence-corrected chi connectivity index (χ0v) is 13.5. The topological polar surface area (TPSA) is 124 Å². The molecular weight excluding hydrogens is 332 g/mol. The zero-order chi connectivity index (χ0) is 18.4. The molecule has 26 heavy (non-hydrogen) atoms. The lowest BCUT2D eigenvalue weighted by atomic mass is 10.2. The number of hydrogen-bond donors (Lipinski definition) is 3. The number of carboxylic acid groups (broad SMARTS) is 1. The Morgan fingerprint density at radius 3 is 2.77 bits per heavy atom. The highest BCUT2D eigenvalue weighted by molar-refractivity contribution is 5.73. The molecule has 2 heterocycles. The summed E-state index contributed by atoms with van der Waals surface area (Å²) in [7, 11) is 0. The number of para-hydroxylation sites is 1. The van der Waals surface area contributed by atoms with E-state index in [2.05, 4.69) is 31.7 Å². The Hall–Kier alpha value is -3.99. The number of aliphatic carboxylic acids is 1. The highest BCUT2D eigenvalue weighted by Gasteiger charge is 2.10. The molecule has 0 fully saturated rings. The van der Waals surface area contributed by atoms with Crippen LogP contribution in [0.5, 0.6) is 0 Å². The number of rotatable bonds is 6. The van der Waals surface area contributed by atoms with Gasteiger partial charge in [0.2, 0.25) is 5.95 Å². The van der Waals surface area contributed by atoms with E-state index in [0.29, 0.717) is 22.8 Å². The number of aromatic nitrogens is 3. The molecule has 2 aromatic heterocycles. The summed E-state index contributed by atoms with van der Waals surface area (Å²) in [5.41, 5.74) is 2.38. The molecule has 3 aromatic rings. The Balaban J connectivity index is 1.99. The van der Waals surface area contributed by atoms with Crippen molar-refractivity contribution in [2.75, 3.05) is 17.2 Å². The van der Waals surface area contributed by atoms with Crippen LogP contribution in [0.3, 0.4) is 0 Å². The molecule has 8 heteroatoms. The van der Waals surface area contributed by atoms with Gasteiger partial charge >= 0.3 is 5.97 Å². The summed E-state index contributed by atoms with van der Waals surface area (Å²) < 4.78 is 0. The maximum absolute atomic E-state index is 10.8. The predicted octanol–water partition coefficient (Wildman–Crippen LogP) is 2.65. The molecule has 0 bridgehead atoms. The molecule has 0 aliphatic carbocycles. The van der Waals surface area contributed by atoms with E-state index in [1.807, 2.05) is 6.07 Å². The first-order chi connectivity index (χ1) is 12.7. The van der Waals surface area contributed by atoms with Gasteiger partial charge in [0, 0.05) is 24.0 Å². The van der Waals surface area contributed by atoms with Gasteiger partial charge in [-0.3, -0.25) is 9.78 Å². The van der Waals surface area contributed by atoms with Gasteiger partial charge < -0.3 is 15.7 Å². The molecule has 8 nitrogen and oxygen atoms in total. The molecule has 0 amide bonds. The smallest absolute Gasteiger partial charge is 0.322 e. The van der Waals surface area contributed by atoms with E-state index >= 15 is 0 Å². The number of anilines is 3. The van der Waals surface area contributed by atoms with Gasteiger partial charge in [-0.05, 0) is 24.3 Å². The second kappa shape index (κ2) is 7.72. The van der Waals surface area contributed by atoms with Crippen LogP contribution in [-0.4, -0.2) is 32.6 Å². The third kappa shape index (κ3) is 4.10. The van der Waals surface area contributed by atoms with Crippen LogP contribution in [0.1, 0.15) is 5.56 Å². The van der Waals surface area contributed by atoms with E-state index in [1.165, 1.54) is 0 Å². The normalized spacial score (nSPS) is 9.96.